The van der Waals surface area contributed by atoms with E-state index in [2.05, 4.69) is 10.8 Å². The highest BCUT2D eigenvalue weighted by molar-refractivity contribution is 7.89. The van der Waals surface area contributed by atoms with Crippen LogP contribution in [0.15, 0.2) is 0 Å². The van der Waals surface area contributed by atoms with Gasteiger partial charge in [0.2, 0.25) is 10.0 Å². The van der Waals surface area contributed by atoms with E-state index in [0.29, 0.717) is 19.4 Å². The summed E-state index contributed by atoms with van der Waals surface area (Å²) in [6.07, 6.45) is 4.57. The number of hydrogen-bond acceptors (Lipinski definition) is 4. The molecule has 1 aliphatic heterocycles. The van der Waals surface area contributed by atoms with Crippen molar-refractivity contribution in [2.24, 2.45) is 0 Å². The van der Waals surface area contributed by atoms with E-state index in [0.717, 1.165) is 25.7 Å². The maximum atomic E-state index is 12.0. The Morgan fingerprint density at radius 1 is 1.35 bits per heavy atom. The van der Waals surface area contributed by atoms with E-state index in [1.54, 1.807) is 0 Å². The van der Waals surface area contributed by atoms with Crippen molar-refractivity contribution in [1.29, 1.82) is 5.26 Å². The Labute approximate surface area is 102 Å². The van der Waals surface area contributed by atoms with E-state index in [9.17, 15) is 8.42 Å². The highest BCUT2D eigenvalue weighted by Crippen LogP contribution is 2.30. The molecule has 1 atom stereocenters. The predicted octanol–water partition coefficient (Wildman–Crippen LogP) is 0.921. The molecule has 0 aromatic rings. The molecule has 0 radical (unpaired) electrons. The lowest BCUT2D eigenvalue weighted by Crippen LogP contribution is -2.47. The first-order chi connectivity index (χ1) is 8.05. The smallest absolute Gasteiger partial charge is 0.215 e. The first-order valence-electron chi connectivity index (χ1n) is 6.10. The predicted molar refractivity (Wildman–Crippen MR) is 62.7 cm³/mol. The van der Waals surface area contributed by atoms with Gasteiger partial charge in [-0.15, -0.1) is 0 Å². The number of sulfonamides is 1. The summed E-state index contributed by atoms with van der Waals surface area (Å²) in [6, 6.07) is 2.13. The highest BCUT2D eigenvalue weighted by Gasteiger charge is 2.38. The van der Waals surface area contributed by atoms with E-state index in [1.807, 2.05) is 0 Å². The van der Waals surface area contributed by atoms with Gasteiger partial charge in [0.05, 0.1) is 17.9 Å². The van der Waals surface area contributed by atoms with Crippen molar-refractivity contribution in [2.45, 2.75) is 50.2 Å². The highest BCUT2D eigenvalue weighted by atomic mass is 32.2. The molecule has 2 aliphatic rings. The number of nitriles is 1. The van der Waals surface area contributed by atoms with Crippen LogP contribution in [-0.4, -0.2) is 32.4 Å². The minimum atomic E-state index is -3.42. The SMILES string of the molecule is N#CC1(NS(=O)(=O)CC2CCCO2)CCCC1. The Balaban J connectivity index is 1.98. The van der Waals surface area contributed by atoms with E-state index < -0.39 is 15.6 Å². The molecule has 0 spiro atoms. The fourth-order valence-corrected chi connectivity index (χ4v) is 4.26. The molecular weight excluding hydrogens is 240 g/mol. The van der Waals surface area contributed by atoms with Crippen LogP contribution in [0.25, 0.3) is 0 Å². The van der Waals surface area contributed by atoms with Crippen molar-refractivity contribution < 1.29 is 13.2 Å². The molecule has 6 heteroatoms. The van der Waals surface area contributed by atoms with Crippen molar-refractivity contribution in [1.82, 2.24) is 4.72 Å². The van der Waals surface area contributed by atoms with Crippen molar-refractivity contribution in [3.63, 3.8) is 0 Å². The van der Waals surface area contributed by atoms with Crippen LogP contribution >= 0.6 is 0 Å². The maximum absolute atomic E-state index is 12.0. The number of ether oxygens (including phenoxy) is 1. The van der Waals surface area contributed by atoms with Gasteiger partial charge in [-0.25, -0.2) is 8.42 Å². The molecule has 5 nitrogen and oxygen atoms in total. The lowest BCUT2D eigenvalue weighted by Gasteiger charge is -2.22. The van der Waals surface area contributed by atoms with Gasteiger partial charge in [0.25, 0.3) is 0 Å². The normalized spacial score (nSPS) is 28.1. The summed E-state index contributed by atoms with van der Waals surface area (Å²) >= 11 is 0. The third-order valence-electron chi connectivity index (χ3n) is 3.45. The third-order valence-corrected chi connectivity index (χ3v) is 4.96. The molecule has 1 saturated heterocycles. The minimum Gasteiger partial charge on any atom is -0.377 e. The van der Waals surface area contributed by atoms with Gasteiger partial charge < -0.3 is 4.74 Å². The summed E-state index contributed by atoms with van der Waals surface area (Å²) in [5.41, 5.74) is -0.864. The molecule has 2 rings (SSSR count). The molecule has 2 fully saturated rings. The van der Waals surface area contributed by atoms with Gasteiger partial charge >= 0.3 is 0 Å². The Morgan fingerprint density at radius 2 is 2.06 bits per heavy atom. The number of rotatable bonds is 4. The van der Waals surface area contributed by atoms with Gasteiger partial charge in [0.15, 0.2) is 0 Å². The Bertz CT molecular complexity index is 401. The van der Waals surface area contributed by atoms with Crippen LogP contribution < -0.4 is 4.72 Å². The summed E-state index contributed by atoms with van der Waals surface area (Å²) < 4.78 is 31.8. The first-order valence-corrected chi connectivity index (χ1v) is 7.75. The zero-order valence-electron chi connectivity index (χ0n) is 9.81. The summed E-state index contributed by atoms with van der Waals surface area (Å²) in [5.74, 6) is -0.0174. The molecule has 1 heterocycles. The average molecular weight is 258 g/mol. The van der Waals surface area contributed by atoms with Crippen molar-refractivity contribution in [3.05, 3.63) is 0 Å². The Hall–Kier alpha value is -0.640. The largest absolute Gasteiger partial charge is 0.377 e. The van der Waals surface area contributed by atoms with E-state index >= 15 is 0 Å². The molecule has 0 bridgehead atoms. The number of hydrogen-bond donors (Lipinski definition) is 1. The molecule has 96 valence electrons. The second-order valence-electron chi connectivity index (χ2n) is 4.92. The fraction of sp³-hybridized carbons (Fsp3) is 0.909. The second kappa shape index (κ2) is 4.92. The molecule has 0 amide bonds. The van der Waals surface area contributed by atoms with E-state index in [-0.39, 0.29) is 11.9 Å². The minimum absolute atomic E-state index is 0.0174. The molecule has 1 aliphatic carbocycles. The quantitative estimate of drug-likeness (QED) is 0.813. The summed E-state index contributed by atoms with van der Waals surface area (Å²) in [5, 5.41) is 9.13. The fourth-order valence-electron chi connectivity index (χ4n) is 2.58. The van der Waals surface area contributed by atoms with Gasteiger partial charge in [0.1, 0.15) is 5.54 Å². The second-order valence-corrected chi connectivity index (χ2v) is 6.69. The van der Waals surface area contributed by atoms with Gasteiger partial charge in [-0.1, -0.05) is 12.8 Å². The summed E-state index contributed by atoms with van der Waals surface area (Å²) in [4.78, 5) is 0. The molecule has 1 N–H and O–H groups in total. The molecule has 0 aromatic heterocycles. The third kappa shape index (κ3) is 3.18. The molecule has 1 unspecified atom stereocenters. The van der Waals surface area contributed by atoms with Crippen molar-refractivity contribution >= 4 is 10.0 Å². The molecule has 17 heavy (non-hydrogen) atoms. The number of nitrogens with zero attached hydrogens (tertiary/aromatic N) is 1. The standard InChI is InChI=1S/C11H18N2O3S/c12-9-11(5-1-2-6-11)13-17(14,15)8-10-4-3-7-16-10/h10,13H,1-8H2. The lowest BCUT2D eigenvalue weighted by atomic mass is 10.0. The van der Waals surface area contributed by atoms with Crippen LogP contribution in [0.1, 0.15) is 38.5 Å². The first kappa shape index (κ1) is 12.8. The zero-order chi connectivity index (χ0) is 12.4. The maximum Gasteiger partial charge on any atom is 0.215 e. The molecule has 1 saturated carbocycles. The van der Waals surface area contributed by atoms with Gasteiger partial charge in [-0.3, -0.25) is 0 Å². The molecule has 0 aromatic carbocycles. The van der Waals surface area contributed by atoms with E-state index in [4.69, 9.17) is 10.00 Å². The monoisotopic (exact) mass is 258 g/mol. The van der Waals surface area contributed by atoms with Crippen molar-refractivity contribution in [3.8, 4) is 6.07 Å². The van der Waals surface area contributed by atoms with Crippen LogP contribution in [-0.2, 0) is 14.8 Å². The Morgan fingerprint density at radius 3 is 2.59 bits per heavy atom. The lowest BCUT2D eigenvalue weighted by molar-refractivity contribution is 0.127. The summed E-state index contributed by atoms with van der Waals surface area (Å²) in [6.45, 7) is 0.642. The van der Waals surface area contributed by atoms with Crippen LogP contribution in [0.5, 0.6) is 0 Å². The van der Waals surface area contributed by atoms with Crippen molar-refractivity contribution in [2.75, 3.05) is 12.4 Å². The van der Waals surface area contributed by atoms with Gasteiger partial charge in [-0.2, -0.15) is 9.98 Å². The summed E-state index contributed by atoms with van der Waals surface area (Å²) in [7, 11) is -3.42. The van der Waals surface area contributed by atoms with Crippen LogP contribution in [0.4, 0.5) is 0 Å². The zero-order valence-corrected chi connectivity index (χ0v) is 10.6. The average Bonchev–Trinajstić information content (AvgIpc) is 2.89. The number of nitrogens with one attached hydrogen (secondary N) is 1. The van der Waals surface area contributed by atoms with Gasteiger partial charge in [-0.05, 0) is 25.7 Å². The van der Waals surface area contributed by atoms with E-state index in [1.165, 1.54) is 0 Å². The van der Waals surface area contributed by atoms with Crippen LogP contribution in [0.3, 0.4) is 0 Å². The van der Waals surface area contributed by atoms with Crippen LogP contribution in [0, 0.1) is 11.3 Å². The molecular formula is C11H18N2O3S. The topological polar surface area (TPSA) is 79.2 Å². The van der Waals surface area contributed by atoms with Crippen LogP contribution in [0.2, 0.25) is 0 Å². The van der Waals surface area contributed by atoms with Gasteiger partial charge in [0, 0.05) is 6.61 Å². The Kier molecular flexibility index (Phi) is 3.71.